The van der Waals surface area contributed by atoms with Gasteiger partial charge in [-0.3, -0.25) is 9.78 Å². The van der Waals surface area contributed by atoms with Gasteiger partial charge in [0.25, 0.3) is 5.91 Å². The van der Waals surface area contributed by atoms with E-state index in [0.717, 1.165) is 37.2 Å². The van der Waals surface area contributed by atoms with E-state index < -0.39 is 0 Å². The van der Waals surface area contributed by atoms with Crippen molar-refractivity contribution in [3.05, 3.63) is 71.4 Å². The quantitative estimate of drug-likeness (QED) is 0.699. The first-order valence-electron chi connectivity index (χ1n) is 10.5. The molecule has 158 valence electrons. The molecule has 1 aromatic carbocycles. The number of hydrogen-bond acceptors (Lipinski definition) is 6. The standard InChI is InChI=1S/C23H23FN6O/c24-17-4-3-5-18(14-17)26-21-19-15-30(22(31)16-6-9-25-10-7-16)13-8-20(19)27-23(28-21)29-11-1-2-12-29/h3-7,9-10,14H,1-2,8,11-13,15H2,(H,26,27,28). The van der Waals surface area contributed by atoms with Gasteiger partial charge in [-0.15, -0.1) is 0 Å². The summed E-state index contributed by atoms with van der Waals surface area (Å²) in [4.78, 5) is 30.6. The van der Waals surface area contributed by atoms with Crippen LogP contribution in [0.3, 0.4) is 0 Å². The molecule has 7 nitrogen and oxygen atoms in total. The third-order valence-electron chi connectivity index (χ3n) is 5.74. The minimum Gasteiger partial charge on any atom is -0.341 e. The second kappa shape index (κ2) is 8.29. The van der Waals surface area contributed by atoms with E-state index >= 15 is 0 Å². The lowest BCUT2D eigenvalue weighted by Gasteiger charge is -2.30. The largest absolute Gasteiger partial charge is 0.341 e. The third kappa shape index (κ3) is 4.05. The number of aromatic nitrogens is 3. The monoisotopic (exact) mass is 418 g/mol. The second-order valence-corrected chi connectivity index (χ2v) is 7.84. The zero-order valence-electron chi connectivity index (χ0n) is 17.1. The van der Waals surface area contributed by atoms with Gasteiger partial charge in [-0.1, -0.05) is 6.07 Å². The molecule has 2 aliphatic rings. The van der Waals surface area contributed by atoms with E-state index in [0.29, 0.717) is 42.5 Å². The molecular weight excluding hydrogens is 395 g/mol. The highest BCUT2D eigenvalue weighted by molar-refractivity contribution is 5.94. The molecule has 1 saturated heterocycles. The number of hydrogen-bond donors (Lipinski definition) is 1. The van der Waals surface area contributed by atoms with Crippen LogP contribution in [0.4, 0.5) is 21.8 Å². The number of nitrogens with one attached hydrogen (secondary N) is 1. The van der Waals surface area contributed by atoms with Crippen molar-refractivity contribution in [1.82, 2.24) is 19.9 Å². The van der Waals surface area contributed by atoms with E-state index in [1.165, 1.54) is 12.1 Å². The first-order chi connectivity index (χ1) is 15.2. The summed E-state index contributed by atoms with van der Waals surface area (Å²) < 4.78 is 13.8. The van der Waals surface area contributed by atoms with Gasteiger partial charge in [0.05, 0.1) is 12.2 Å². The van der Waals surface area contributed by atoms with Crippen LogP contribution in [0.1, 0.15) is 34.5 Å². The Balaban J connectivity index is 1.49. The number of anilines is 3. The van der Waals surface area contributed by atoms with Crippen LogP contribution in [-0.4, -0.2) is 45.4 Å². The van der Waals surface area contributed by atoms with Gasteiger partial charge in [0.15, 0.2) is 0 Å². The fraction of sp³-hybridized carbons (Fsp3) is 0.304. The number of amides is 1. The minimum atomic E-state index is -0.317. The highest BCUT2D eigenvalue weighted by Gasteiger charge is 2.28. The van der Waals surface area contributed by atoms with Gasteiger partial charge in [0, 0.05) is 55.3 Å². The van der Waals surface area contributed by atoms with Crippen LogP contribution in [-0.2, 0) is 13.0 Å². The molecule has 3 aromatic rings. The summed E-state index contributed by atoms with van der Waals surface area (Å²) >= 11 is 0. The van der Waals surface area contributed by atoms with Gasteiger partial charge in [-0.05, 0) is 43.2 Å². The van der Waals surface area contributed by atoms with Crippen molar-refractivity contribution in [2.75, 3.05) is 29.9 Å². The first kappa shape index (κ1) is 19.4. The summed E-state index contributed by atoms with van der Waals surface area (Å²) in [6.45, 7) is 2.86. The fourth-order valence-electron chi connectivity index (χ4n) is 4.12. The summed E-state index contributed by atoms with van der Waals surface area (Å²) in [5.74, 6) is 0.962. The van der Waals surface area contributed by atoms with Crippen molar-refractivity contribution in [3.8, 4) is 0 Å². The molecule has 4 heterocycles. The van der Waals surface area contributed by atoms with E-state index in [-0.39, 0.29) is 11.7 Å². The van der Waals surface area contributed by atoms with Gasteiger partial charge in [0.2, 0.25) is 5.95 Å². The van der Waals surface area contributed by atoms with Crippen LogP contribution < -0.4 is 10.2 Å². The van der Waals surface area contributed by atoms with Crippen molar-refractivity contribution in [2.24, 2.45) is 0 Å². The average molecular weight is 418 g/mol. The lowest BCUT2D eigenvalue weighted by atomic mass is 10.0. The summed E-state index contributed by atoms with van der Waals surface area (Å²) in [7, 11) is 0. The Kier molecular flexibility index (Phi) is 5.19. The van der Waals surface area contributed by atoms with E-state index in [9.17, 15) is 9.18 Å². The summed E-state index contributed by atoms with van der Waals surface area (Å²) in [5.41, 5.74) is 3.04. The highest BCUT2D eigenvalue weighted by atomic mass is 19.1. The van der Waals surface area contributed by atoms with Gasteiger partial charge >= 0.3 is 0 Å². The fourth-order valence-corrected chi connectivity index (χ4v) is 4.12. The Bertz CT molecular complexity index is 1100. The van der Waals surface area contributed by atoms with Crippen molar-refractivity contribution in [2.45, 2.75) is 25.8 Å². The smallest absolute Gasteiger partial charge is 0.254 e. The molecule has 0 bridgehead atoms. The van der Waals surface area contributed by atoms with Gasteiger partial charge in [-0.2, -0.15) is 4.98 Å². The van der Waals surface area contributed by atoms with Crippen LogP contribution in [0.2, 0.25) is 0 Å². The summed E-state index contributed by atoms with van der Waals surface area (Å²) in [5, 5.41) is 3.27. The molecule has 5 rings (SSSR count). The molecule has 0 unspecified atom stereocenters. The molecule has 0 radical (unpaired) electrons. The third-order valence-corrected chi connectivity index (χ3v) is 5.74. The number of halogens is 1. The van der Waals surface area contributed by atoms with Crippen LogP contribution >= 0.6 is 0 Å². The Morgan fingerprint density at radius 1 is 1.03 bits per heavy atom. The van der Waals surface area contributed by atoms with E-state index in [1.54, 1.807) is 41.6 Å². The molecule has 2 aliphatic heterocycles. The zero-order valence-corrected chi connectivity index (χ0v) is 17.1. The minimum absolute atomic E-state index is 0.0478. The van der Waals surface area contributed by atoms with Gasteiger partial charge in [0.1, 0.15) is 11.6 Å². The zero-order chi connectivity index (χ0) is 21.2. The molecule has 2 aromatic heterocycles. The topological polar surface area (TPSA) is 74.2 Å². The van der Waals surface area contributed by atoms with Crippen LogP contribution in [0, 0.1) is 5.82 Å². The molecule has 0 aliphatic carbocycles. The normalized spacial score (nSPS) is 15.6. The second-order valence-electron chi connectivity index (χ2n) is 7.84. The van der Waals surface area contributed by atoms with Crippen molar-refractivity contribution in [1.29, 1.82) is 0 Å². The number of pyridine rings is 1. The number of rotatable bonds is 4. The highest BCUT2D eigenvalue weighted by Crippen LogP contribution is 2.30. The lowest BCUT2D eigenvalue weighted by molar-refractivity contribution is 0.0733. The molecule has 1 N–H and O–H groups in total. The maximum absolute atomic E-state index is 13.8. The van der Waals surface area contributed by atoms with E-state index in [1.807, 2.05) is 0 Å². The molecule has 0 saturated carbocycles. The van der Waals surface area contributed by atoms with Gasteiger partial charge < -0.3 is 15.1 Å². The SMILES string of the molecule is O=C(c1ccncc1)N1CCc2nc(N3CCCC3)nc(Nc3cccc(F)c3)c2C1. The predicted octanol–water partition coefficient (Wildman–Crippen LogP) is 3.55. The maximum atomic E-state index is 13.8. The first-order valence-corrected chi connectivity index (χ1v) is 10.5. The Labute approximate surface area is 180 Å². The average Bonchev–Trinajstić information content (AvgIpc) is 3.34. The number of carbonyl (C=O) groups excluding carboxylic acids is 1. The number of fused-ring (bicyclic) bond motifs is 1. The maximum Gasteiger partial charge on any atom is 0.254 e. The number of benzene rings is 1. The molecular formula is C23H23FN6O. The molecule has 0 atom stereocenters. The Morgan fingerprint density at radius 3 is 2.61 bits per heavy atom. The number of carbonyl (C=O) groups is 1. The van der Waals surface area contributed by atoms with Crippen LogP contribution in [0.5, 0.6) is 0 Å². The van der Waals surface area contributed by atoms with Crippen molar-refractivity contribution >= 4 is 23.4 Å². The lowest BCUT2D eigenvalue weighted by Crippen LogP contribution is -2.37. The van der Waals surface area contributed by atoms with E-state index in [4.69, 9.17) is 9.97 Å². The number of nitrogens with zero attached hydrogens (tertiary/aromatic N) is 5. The Hall–Kier alpha value is -3.55. The molecule has 0 spiro atoms. The molecule has 1 amide bonds. The molecule has 8 heteroatoms. The molecule has 31 heavy (non-hydrogen) atoms. The van der Waals surface area contributed by atoms with Crippen molar-refractivity contribution in [3.63, 3.8) is 0 Å². The van der Waals surface area contributed by atoms with Gasteiger partial charge in [-0.25, -0.2) is 9.37 Å². The van der Waals surface area contributed by atoms with Crippen molar-refractivity contribution < 1.29 is 9.18 Å². The summed E-state index contributed by atoms with van der Waals surface area (Å²) in [6.07, 6.45) is 6.14. The molecule has 1 fully saturated rings. The van der Waals surface area contributed by atoms with Crippen LogP contribution in [0.25, 0.3) is 0 Å². The van der Waals surface area contributed by atoms with E-state index in [2.05, 4.69) is 15.2 Å². The summed E-state index contributed by atoms with van der Waals surface area (Å²) in [6, 6.07) is 9.74. The van der Waals surface area contributed by atoms with Crippen LogP contribution in [0.15, 0.2) is 48.8 Å². The Morgan fingerprint density at radius 2 is 1.84 bits per heavy atom. The predicted molar refractivity (Wildman–Crippen MR) is 116 cm³/mol.